The number of amides is 1. The molecule has 8 heteroatoms. The Morgan fingerprint density at radius 1 is 1.36 bits per heavy atom. The maximum Gasteiger partial charge on any atom is 0.286 e. The molecule has 8 nitrogen and oxygen atoms in total. The van der Waals surface area contributed by atoms with E-state index in [9.17, 15) is 14.9 Å². The zero-order chi connectivity index (χ0) is 16.1. The summed E-state index contributed by atoms with van der Waals surface area (Å²) in [5.41, 5.74) is -0.250. The molecular weight excluding hydrogens is 290 g/mol. The van der Waals surface area contributed by atoms with Gasteiger partial charge in [-0.1, -0.05) is 0 Å². The van der Waals surface area contributed by atoms with Crippen LogP contribution in [-0.4, -0.2) is 55.6 Å². The number of nitrogens with zero attached hydrogens (tertiary/aromatic N) is 2. The Hall–Kier alpha value is -2.35. The SMILES string of the molecule is CCOc1cc([N+](=O)[O-])c(C(=O)N2CCNCC2)cc1OC. The molecule has 0 unspecified atom stereocenters. The highest BCUT2D eigenvalue weighted by Crippen LogP contribution is 2.35. The van der Waals surface area contributed by atoms with Crippen molar-refractivity contribution in [3.05, 3.63) is 27.8 Å². The Morgan fingerprint density at radius 3 is 2.59 bits per heavy atom. The normalized spacial score (nSPS) is 14.5. The molecular formula is C14H19N3O5. The van der Waals surface area contributed by atoms with E-state index in [2.05, 4.69) is 5.32 Å². The van der Waals surface area contributed by atoms with Gasteiger partial charge in [0.05, 0.1) is 24.7 Å². The molecule has 22 heavy (non-hydrogen) atoms. The number of piperazine rings is 1. The second-order valence-electron chi connectivity index (χ2n) is 4.75. The molecule has 1 aromatic carbocycles. The lowest BCUT2D eigenvalue weighted by Crippen LogP contribution is -2.46. The minimum Gasteiger partial charge on any atom is -0.493 e. The first-order valence-electron chi connectivity index (χ1n) is 7.07. The van der Waals surface area contributed by atoms with Crippen molar-refractivity contribution in [1.82, 2.24) is 10.2 Å². The Kier molecular flexibility index (Phi) is 5.16. The summed E-state index contributed by atoms with van der Waals surface area (Å²) >= 11 is 0. The minimum absolute atomic E-state index is 0.0206. The number of nitro groups is 1. The molecule has 0 atom stereocenters. The number of hydrogen-bond donors (Lipinski definition) is 1. The second kappa shape index (κ2) is 7.08. The van der Waals surface area contributed by atoms with Crippen molar-refractivity contribution >= 4 is 11.6 Å². The summed E-state index contributed by atoms with van der Waals surface area (Å²) in [6.07, 6.45) is 0. The zero-order valence-electron chi connectivity index (χ0n) is 12.6. The van der Waals surface area contributed by atoms with E-state index in [-0.39, 0.29) is 22.9 Å². The fourth-order valence-electron chi connectivity index (χ4n) is 2.34. The van der Waals surface area contributed by atoms with Crippen LogP contribution in [-0.2, 0) is 0 Å². The molecule has 1 heterocycles. The van der Waals surface area contributed by atoms with Crippen LogP contribution in [0.1, 0.15) is 17.3 Å². The number of carbonyl (C=O) groups excluding carboxylic acids is 1. The van der Waals surface area contributed by atoms with E-state index in [1.807, 2.05) is 0 Å². The molecule has 1 aromatic rings. The van der Waals surface area contributed by atoms with E-state index in [1.54, 1.807) is 11.8 Å². The van der Waals surface area contributed by atoms with Gasteiger partial charge in [-0.2, -0.15) is 0 Å². The largest absolute Gasteiger partial charge is 0.493 e. The highest BCUT2D eigenvalue weighted by Gasteiger charge is 2.28. The molecule has 120 valence electrons. The molecule has 0 bridgehead atoms. The van der Waals surface area contributed by atoms with Gasteiger partial charge in [0.2, 0.25) is 0 Å². The molecule has 0 aromatic heterocycles. The third-order valence-electron chi connectivity index (χ3n) is 3.41. The predicted octanol–water partition coefficient (Wildman–Crippen LogP) is 1.05. The molecule has 0 saturated carbocycles. The van der Waals surface area contributed by atoms with Gasteiger partial charge >= 0.3 is 0 Å². The molecule has 1 N–H and O–H groups in total. The van der Waals surface area contributed by atoms with Crippen molar-refractivity contribution in [1.29, 1.82) is 0 Å². The van der Waals surface area contributed by atoms with Crippen LogP contribution in [0.15, 0.2) is 12.1 Å². The summed E-state index contributed by atoms with van der Waals surface area (Å²) in [6, 6.07) is 2.63. The van der Waals surface area contributed by atoms with Crippen LogP contribution < -0.4 is 14.8 Å². The Balaban J connectivity index is 2.43. The molecule has 0 aliphatic carbocycles. The van der Waals surface area contributed by atoms with Gasteiger partial charge in [0.25, 0.3) is 11.6 Å². The number of nitrogens with one attached hydrogen (secondary N) is 1. The van der Waals surface area contributed by atoms with Gasteiger partial charge in [-0.15, -0.1) is 0 Å². The Labute approximate surface area is 128 Å². The standard InChI is InChI=1S/C14H19N3O5/c1-3-22-13-9-11(17(19)20)10(8-12(13)21-2)14(18)16-6-4-15-5-7-16/h8-9,15H,3-7H2,1-2H3. The monoisotopic (exact) mass is 309 g/mol. The van der Waals surface area contributed by atoms with Crippen LogP contribution in [0.5, 0.6) is 11.5 Å². The summed E-state index contributed by atoms with van der Waals surface area (Å²) in [5, 5.41) is 14.4. The van der Waals surface area contributed by atoms with E-state index in [4.69, 9.17) is 9.47 Å². The second-order valence-corrected chi connectivity index (χ2v) is 4.75. The minimum atomic E-state index is -0.572. The van der Waals surface area contributed by atoms with Gasteiger partial charge in [0, 0.05) is 32.2 Å². The Morgan fingerprint density at radius 2 is 2.05 bits per heavy atom. The molecule has 0 radical (unpaired) electrons. The van der Waals surface area contributed by atoms with Crippen molar-refractivity contribution in [3.8, 4) is 11.5 Å². The smallest absolute Gasteiger partial charge is 0.286 e. The van der Waals surface area contributed by atoms with Crippen LogP contribution in [0.2, 0.25) is 0 Å². The van der Waals surface area contributed by atoms with Crippen LogP contribution >= 0.6 is 0 Å². The van der Waals surface area contributed by atoms with E-state index in [0.29, 0.717) is 38.5 Å². The van der Waals surface area contributed by atoms with Gasteiger partial charge in [-0.05, 0) is 6.92 Å². The van der Waals surface area contributed by atoms with Gasteiger partial charge in [0.1, 0.15) is 5.56 Å². The topological polar surface area (TPSA) is 93.9 Å². The maximum absolute atomic E-state index is 12.6. The number of hydrogen-bond acceptors (Lipinski definition) is 6. The summed E-state index contributed by atoms with van der Waals surface area (Å²) in [5.74, 6) is 0.203. The van der Waals surface area contributed by atoms with Crippen molar-refractivity contribution in [2.75, 3.05) is 39.9 Å². The molecule has 1 aliphatic rings. The lowest BCUT2D eigenvalue weighted by molar-refractivity contribution is -0.385. The summed E-state index contributed by atoms with van der Waals surface area (Å²) in [4.78, 5) is 24.9. The highest BCUT2D eigenvalue weighted by atomic mass is 16.6. The van der Waals surface area contributed by atoms with Crippen molar-refractivity contribution in [2.45, 2.75) is 6.92 Å². The summed E-state index contributed by atoms with van der Waals surface area (Å²) in [7, 11) is 1.43. The van der Waals surface area contributed by atoms with Crippen molar-refractivity contribution in [2.24, 2.45) is 0 Å². The third kappa shape index (κ3) is 3.28. The summed E-state index contributed by atoms with van der Waals surface area (Å²) < 4.78 is 10.5. The van der Waals surface area contributed by atoms with Crippen LogP contribution in [0.25, 0.3) is 0 Å². The van der Waals surface area contributed by atoms with E-state index < -0.39 is 4.92 Å². The van der Waals surface area contributed by atoms with Gasteiger partial charge in [-0.25, -0.2) is 0 Å². The highest BCUT2D eigenvalue weighted by molar-refractivity contribution is 5.99. The van der Waals surface area contributed by atoms with Crippen molar-refractivity contribution in [3.63, 3.8) is 0 Å². The number of nitro benzene ring substituents is 1. The number of methoxy groups -OCH3 is 1. The number of benzene rings is 1. The van der Waals surface area contributed by atoms with Gasteiger partial charge in [0.15, 0.2) is 11.5 Å². The van der Waals surface area contributed by atoms with E-state index in [1.165, 1.54) is 19.2 Å². The first-order valence-corrected chi connectivity index (χ1v) is 7.07. The lowest BCUT2D eigenvalue weighted by atomic mass is 10.1. The van der Waals surface area contributed by atoms with E-state index >= 15 is 0 Å². The quantitative estimate of drug-likeness (QED) is 0.645. The van der Waals surface area contributed by atoms with Crippen LogP contribution in [0.3, 0.4) is 0 Å². The van der Waals surface area contributed by atoms with Crippen molar-refractivity contribution < 1.29 is 19.2 Å². The first-order chi connectivity index (χ1) is 10.6. The van der Waals surface area contributed by atoms with E-state index in [0.717, 1.165) is 0 Å². The van der Waals surface area contributed by atoms with Gasteiger partial charge < -0.3 is 19.7 Å². The Bertz CT molecular complexity index is 570. The van der Waals surface area contributed by atoms with Gasteiger partial charge in [-0.3, -0.25) is 14.9 Å². The number of carbonyl (C=O) groups is 1. The molecule has 1 saturated heterocycles. The first kappa shape index (κ1) is 16.0. The molecule has 0 spiro atoms. The fourth-order valence-corrected chi connectivity index (χ4v) is 2.34. The summed E-state index contributed by atoms with van der Waals surface area (Å²) in [6.45, 7) is 4.50. The predicted molar refractivity (Wildman–Crippen MR) is 79.6 cm³/mol. The third-order valence-corrected chi connectivity index (χ3v) is 3.41. The fraction of sp³-hybridized carbons (Fsp3) is 0.500. The van der Waals surface area contributed by atoms with Crippen LogP contribution in [0.4, 0.5) is 5.69 Å². The molecule has 1 aliphatic heterocycles. The number of rotatable bonds is 5. The molecule has 1 fully saturated rings. The zero-order valence-corrected chi connectivity index (χ0v) is 12.6. The number of ether oxygens (including phenoxy) is 2. The maximum atomic E-state index is 12.6. The molecule has 1 amide bonds. The average molecular weight is 309 g/mol. The molecule has 2 rings (SSSR count). The van der Waals surface area contributed by atoms with Crippen LogP contribution in [0, 0.1) is 10.1 Å². The lowest BCUT2D eigenvalue weighted by Gasteiger charge is -2.27. The average Bonchev–Trinajstić information content (AvgIpc) is 2.54.